The van der Waals surface area contributed by atoms with Gasteiger partial charge in [-0.1, -0.05) is 54.6 Å². The van der Waals surface area contributed by atoms with Crippen molar-refractivity contribution >= 4 is 23.6 Å². The Labute approximate surface area is 136 Å². The molecule has 3 aromatic carbocycles. The molecule has 0 saturated heterocycles. The molecule has 114 valence electrons. The van der Waals surface area contributed by atoms with Gasteiger partial charge in [0.15, 0.2) is 0 Å². The quantitative estimate of drug-likeness (QED) is 0.658. The fourth-order valence-electron chi connectivity index (χ4n) is 3.35. The number of rotatable bonds is 2. The molecular weight excluding hydrogens is 301 g/mol. The van der Waals surface area contributed by atoms with Crippen LogP contribution in [0.25, 0.3) is 0 Å². The highest BCUT2D eigenvalue weighted by atomic mass is 31.2. The van der Waals surface area contributed by atoms with Gasteiger partial charge in [0, 0.05) is 16.3 Å². The molecule has 1 aliphatic heterocycles. The highest BCUT2D eigenvalue weighted by Crippen LogP contribution is 2.55. The zero-order valence-electron chi connectivity index (χ0n) is 13.0. The molecule has 1 unspecified atom stereocenters. The average molecular weight is 319 g/mol. The molecule has 1 heterocycles. The molecular formula is C20H18NOP. The molecule has 0 bridgehead atoms. The third kappa shape index (κ3) is 2.14. The number of hydrogen-bond acceptors (Lipinski definition) is 1. The summed E-state index contributed by atoms with van der Waals surface area (Å²) in [6.07, 6.45) is 0. The fraction of sp³-hybridized carbons (Fsp3) is 0.100. The maximum atomic E-state index is 14.3. The van der Waals surface area contributed by atoms with E-state index in [4.69, 9.17) is 0 Å². The predicted octanol–water partition coefficient (Wildman–Crippen LogP) is 4.24. The van der Waals surface area contributed by atoms with Crippen LogP contribution in [-0.4, -0.2) is 0 Å². The van der Waals surface area contributed by atoms with E-state index in [0.717, 1.165) is 27.4 Å². The molecule has 0 fully saturated rings. The average Bonchev–Trinajstić information content (AvgIpc) is 2.90. The Bertz CT molecular complexity index is 904. The Morgan fingerprint density at radius 2 is 1.39 bits per heavy atom. The maximum Gasteiger partial charge on any atom is 0.230 e. The Morgan fingerprint density at radius 3 is 2.13 bits per heavy atom. The van der Waals surface area contributed by atoms with Crippen LogP contribution in [0.5, 0.6) is 0 Å². The van der Waals surface area contributed by atoms with Gasteiger partial charge in [0.25, 0.3) is 0 Å². The van der Waals surface area contributed by atoms with Crippen LogP contribution in [0.3, 0.4) is 0 Å². The summed E-state index contributed by atoms with van der Waals surface area (Å²) in [5, 5.41) is 1.91. The number of fused-ring (bicyclic) bond motifs is 1. The van der Waals surface area contributed by atoms with Crippen molar-refractivity contribution < 1.29 is 4.57 Å². The van der Waals surface area contributed by atoms with E-state index >= 15 is 0 Å². The SMILES string of the molecule is Cc1ccccc1P1(=O)c2ccccc2CN1c1ccccc1. The Balaban J connectivity index is 1.99. The van der Waals surface area contributed by atoms with E-state index in [1.165, 1.54) is 0 Å². The number of para-hydroxylation sites is 1. The van der Waals surface area contributed by atoms with Gasteiger partial charge in [0.05, 0.1) is 6.54 Å². The van der Waals surface area contributed by atoms with Gasteiger partial charge < -0.3 is 4.67 Å². The number of hydrogen-bond donors (Lipinski definition) is 0. The van der Waals surface area contributed by atoms with Gasteiger partial charge in [-0.25, -0.2) is 0 Å². The molecule has 0 radical (unpaired) electrons. The summed E-state index contributed by atoms with van der Waals surface area (Å²) >= 11 is 0. The van der Waals surface area contributed by atoms with Crippen LogP contribution in [-0.2, 0) is 11.1 Å². The van der Waals surface area contributed by atoms with Gasteiger partial charge in [-0.15, -0.1) is 0 Å². The lowest BCUT2D eigenvalue weighted by molar-refractivity contribution is 0.585. The number of nitrogens with zero attached hydrogens (tertiary/aromatic N) is 1. The number of aryl methyl sites for hydroxylation is 1. The summed E-state index contributed by atoms with van der Waals surface area (Å²) < 4.78 is 16.4. The Hall–Kier alpha value is -2.31. The van der Waals surface area contributed by atoms with Crippen molar-refractivity contribution in [3.8, 4) is 0 Å². The minimum Gasteiger partial charge on any atom is -0.311 e. The largest absolute Gasteiger partial charge is 0.311 e. The molecule has 0 saturated carbocycles. The Morgan fingerprint density at radius 1 is 0.783 bits per heavy atom. The summed E-state index contributed by atoms with van der Waals surface area (Å²) in [7, 11) is -2.85. The molecule has 0 amide bonds. The highest BCUT2D eigenvalue weighted by Gasteiger charge is 2.42. The van der Waals surface area contributed by atoms with E-state index in [1.807, 2.05) is 79.7 Å². The zero-order chi connectivity index (χ0) is 15.9. The highest BCUT2D eigenvalue weighted by molar-refractivity contribution is 7.80. The molecule has 4 rings (SSSR count). The van der Waals surface area contributed by atoms with Gasteiger partial charge in [-0.2, -0.15) is 0 Å². The van der Waals surface area contributed by atoms with Gasteiger partial charge in [0.2, 0.25) is 7.29 Å². The first-order chi connectivity index (χ1) is 11.2. The van der Waals surface area contributed by atoms with Crippen molar-refractivity contribution in [1.29, 1.82) is 0 Å². The molecule has 1 aliphatic rings. The molecule has 3 heteroatoms. The van der Waals surface area contributed by atoms with E-state index in [0.29, 0.717) is 6.54 Å². The summed E-state index contributed by atoms with van der Waals surface area (Å²) in [5.74, 6) is 0. The first-order valence-corrected chi connectivity index (χ1v) is 9.45. The standard InChI is InChI=1S/C20H18NOP/c1-16-9-5-7-13-19(16)23(22)20-14-8-6-10-17(20)15-21(23)18-11-3-2-4-12-18/h2-14H,15H2,1H3. The van der Waals surface area contributed by atoms with Gasteiger partial charge in [-0.3, -0.25) is 4.57 Å². The molecule has 23 heavy (non-hydrogen) atoms. The lowest BCUT2D eigenvalue weighted by atomic mass is 10.2. The van der Waals surface area contributed by atoms with Crippen molar-refractivity contribution in [3.05, 3.63) is 90.0 Å². The van der Waals surface area contributed by atoms with Crippen LogP contribution in [0.2, 0.25) is 0 Å². The van der Waals surface area contributed by atoms with E-state index in [1.54, 1.807) is 0 Å². The third-order valence-corrected chi connectivity index (χ3v) is 7.77. The maximum absolute atomic E-state index is 14.3. The van der Waals surface area contributed by atoms with Crippen LogP contribution >= 0.6 is 7.29 Å². The zero-order valence-corrected chi connectivity index (χ0v) is 13.9. The third-order valence-electron chi connectivity index (χ3n) is 4.47. The lowest BCUT2D eigenvalue weighted by Gasteiger charge is -2.28. The monoisotopic (exact) mass is 319 g/mol. The van der Waals surface area contributed by atoms with E-state index in [9.17, 15) is 4.57 Å². The second-order valence-corrected chi connectivity index (χ2v) is 8.48. The first kappa shape index (κ1) is 14.3. The topological polar surface area (TPSA) is 20.3 Å². The first-order valence-electron chi connectivity index (χ1n) is 7.79. The van der Waals surface area contributed by atoms with Crippen LogP contribution in [0.4, 0.5) is 5.69 Å². The number of anilines is 1. The predicted molar refractivity (Wildman–Crippen MR) is 97.1 cm³/mol. The molecule has 0 aromatic heterocycles. The molecule has 0 aliphatic carbocycles. The second kappa shape index (κ2) is 5.40. The van der Waals surface area contributed by atoms with Crippen LogP contribution < -0.4 is 15.3 Å². The minimum absolute atomic E-state index is 0.686. The van der Waals surface area contributed by atoms with Crippen molar-refractivity contribution in [2.24, 2.45) is 0 Å². The second-order valence-electron chi connectivity index (χ2n) is 5.88. The van der Waals surface area contributed by atoms with Crippen molar-refractivity contribution in [2.45, 2.75) is 13.5 Å². The molecule has 0 N–H and O–H groups in total. The van der Waals surface area contributed by atoms with E-state index in [-0.39, 0.29) is 0 Å². The lowest BCUT2D eigenvalue weighted by Crippen LogP contribution is -2.26. The van der Waals surface area contributed by atoms with Crippen molar-refractivity contribution in [1.82, 2.24) is 0 Å². The van der Waals surface area contributed by atoms with Crippen molar-refractivity contribution in [3.63, 3.8) is 0 Å². The van der Waals surface area contributed by atoms with Gasteiger partial charge in [0.1, 0.15) is 0 Å². The van der Waals surface area contributed by atoms with Crippen LogP contribution in [0.15, 0.2) is 78.9 Å². The van der Waals surface area contributed by atoms with E-state index in [2.05, 4.69) is 10.7 Å². The minimum atomic E-state index is -2.85. The molecule has 3 aromatic rings. The molecule has 0 spiro atoms. The Kier molecular flexibility index (Phi) is 3.36. The summed E-state index contributed by atoms with van der Waals surface area (Å²) in [6, 6.07) is 26.2. The summed E-state index contributed by atoms with van der Waals surface area (Å²) in [4.78, 5) is 0. The summed E-state index contributed by atoms with van der Waals surface area (Å²) in [6.45, 7) is 2.73. The smallest absolute Gasteiger partial charge is 0.230 e. The number of benzene rings is 3. The molecule has 1 atom stereocenters. The van der Waals surface area contributed by atoms with Crippen LogP contribution in [0.1, 0.15) is 11.1 Å². The fourth-order valence-corrected chi connectivity index (χ4v) is 6.60. The van der Waals surface area contributed by atoms with Gasteiger partial charge >= 0.3 is 0 Å². The van der Waals surface area contributed by atoms with Crippen LogP contribution in [0, 0.1) is 6.92 Å². The van der Waals surface area contributed by atoms with Gasteiger partial charge in [-0.05, 0) is 42.3 Å². The summed E-state index contributed by atoms with van der Waals surface area (Å²) in [5.41, 5.74) is 3.24. The molecule has 2 nitrogen and oxygen atoms in total. The van der Waals surface area contributed by atoms with Crippen molar-refractivity contribution in [2.75, 3.05) is 4.67 Å². The normalized spacial score (nSPS) is 19.6. The van der Waals surface area contributed by atoms with E-state index < -0.39 is 7.29 Å².